The van der Waals surface area contributed by atoms with Crippen molar-refractivity contribution < 1.29 is 4.74 Å². The minimum absolute atomic E-state index is 0.102. The summed E-state index contributed by atoms with van der Waals surface area (Å²) in [5, 5.41) is 8.12. The van der Waals surface area contributed by atoms with Crippen molar-refractivity contribution in [2.45, 2.75) is 16.4 Å². The van der Waals surface area contributed by atoms with Crippen LogP contribution in [0.4, 0.5) is 0 Å². The average molecular weight is 276 g/mol. The first kappa shape index (κ1) is 11.5. The van der Waals surface area contributed by atoms with E-state index < -0.39 is 0 Å². The predicted molar refractivity (Wildman–Crippen MR) is 60.0 cm³/mol. The fourth-order valence-electron chi connectivity index (χ4n) is 0.839. The Labute approximate surface area is 104 Å². The van der Waals surface area contributed by atoms with Gasteiger partial charge < -0.3 is 4.74 Å². The van der Waals surface area contributed by atoms with Crippen LogP contribution in [-0.4, -0.2) is 31.8 Å². The molecule has 0 aliphatic carbocycles. The molecule has 0 amide bonds. The second-order valence-electron chi connectivity index (χ2n) is 2.41. The highest BCUT2D eigenvalue weighted by molar-refractivity contribution is 8.00. The van der Waals surface area contributed by atoms with E-state index in [4.69, 9.17) is 16.3 Å². The van der Waals surface area contributed by atoms with Gasteiger partial charge in [-0.25, -0.2) is 0 Å². The molecular weight excluding hydrogens is 270 g/mol. The molecule has 6 nitrogen and oxygen atoms in total. The van der Waals surface area contributed by atoms with Crippen molar-refractivity contribution in [3.63, 3.8) is 0 Å². The van der Waals surface area contributed by atoms with Crippen LogP contribution in [-0.2, 0) is 0 Å². The van der Waals surface area contributed by atoms with Gasteiger partial charge in [0.25, 0.3) is 0 Å². The summed E-state index contributed by atoms with van der Waals surface area (Å²) in [5.74, 6) is 0. The van der Waals surface area contributed by atoms with Crippen molar-refractivity contribution in [2.24, 2.45) is 0 Å². The second-order valence-corrected chi connectivity index (χ2v) is 4.79. The Morgan fingerprint density at radius 1 is 1.44 bits per heavy atom. The molecule has 16 heavy (non-hydrogen) atoms. The molecule has 0 saturated heterocycles. The van der Waals surface area contributed by atoms with E-state index in [1.807, 2.05) is 6.92 Å². The number of aromatic nitrogens is 5. The van der Waals surface area contributed by atoms with Gasteiger partial charge in [-0.2, -0.15) is 15.0 Å². The van der Waals surface area contributed by atoms with E-state index in [1.165, 1.54) is 23.1 Å². The lowest BCUT2D eigenvalue weighted by atomic mass is 10.9. The molecule has 0 aliphatic rings. The second kappa shape index (κ2) is 5.37. The molecule has 2 rings (SSSR count). The maximum atomic E-state index is 5.74. The molecular formula is C7H6ClN5OS2. The lowest BCUT2D eigenvalue weighted by Gasteiger charge is -2.02. The van der Waals surface area contributed by atoms with E-state index in [0.717, 1.165) is 4.34 Å². The number of nitrogens with zero attached hydrogens (tertiary/aromatic N) is 5. The maximum Gasteiger partial charge on any atom is 0.321 e. The highest BCUT2D eigenvalue weighted by Gasteiger charge is 2.09. The first-order valence-electron chi connectivity index (χ1n) is 4.26. The standard InChI is InChI=1S/C7H6ClN5OS2/c1-2-14-5-10-4(8)11-6(12-5)16-7-13-9-3-15-7/h3H,2H2,1H3. The fourth-order valence-corrected chi connectivity index (χ4v) is 2.37. The van der Waals surface area contributed by atoms with Crippen LogP contribution in [0.5, 0.6) is 6.01 Å². The summed E-state index contributed by atoms with van der Waals surface area (Å²) < 4.78 is 5.89. The third kappa shape index (κ3) is 3.00. The molecule has 0 radical (unpaired) electrons. The molecule has 0 fully saturated rings. The lowest BCUT2D eigenvalue weighted by Crippen LogP contribution is -2.00. The molecule has 0 aliphatic heterocycles. The quantitative estimate of drug-likeness (QED) is 0.844. The highest BCUT2D eigenvalue weighted by atomic mass is 35.5. The summed E-state index contributed by atoms with van der Waals surface area (Å²) >= 11 is 8.40. The van der Waals surface area contributed by atoms with E-state index in [-0.39, 0.29) is 11.3 Å². The van der Waals surface area contributed by atoms with Crippen molar-refractivity contribution >= 4 is 34.7 Å². The van der Waals surface area contributed by atoms with Crippen LogP contribution in [0, 0.1) is 0 Å². The van der Waals surface area contributed by atoms with E-state index >= 15 is 0 Å². The third-order valence-corrected chi connectivity index (χ3v) is 3.17. The largest absolute Gasteiger partial charge is 0.464 e. The molecule has 0 atom stereocenters. The monoisotopic (exact) mass is 275 g/mol. The Kier molecular flexibility index (Phi) is 3.86. The van der Waals surface area contributed by atoms with Crippen molar-refractivity contribution in [1.82, 2.24) is 25.1 Å². The van der Waals surface area contributed by atoms with Crippen LogP contribution in [0.3, 0.4) is 0 Å². The normalized spacial score (nSPS) is 10.4. The Morgan fingerprint density at radius 2 is 2.31 bits per heavy atom. The summed E-state index contributed by atoms with van der Waals surface area (Å²) in [6.45, 7) is 2.32. The summed E-state index contributed by atoms with van der Waals surface area (Å²) in [6.07, 6.45) is 0. The fraction of sp³-hybridized carbons (Fsp3) is 0.286. The van der Waals surface area contributed by atoms with Gasteiger partial charge in [-0.15, -0.1) is 10.2 Å². The molecule has 2 aromatic heterocycles. The first-order valence-corrected chi connectivity index (χ1v) is 6.33. The Morgan fingerprint density at radius 3 is 3.00 bits per heavy atom. The van der Waals surface area contributed by atoms with Crippen LogP contribution >= 0.6 is 34.7 Å². The van der Waals surface area contributed by atoms with Crippen LogP contribution in [0.25, 0.3) is 0 Å². The minimum atomic E-state index is 0.102. The number of rotatable bonds is 4. The van der Waals surface area contributed by atoms with Gasteiger partial charge in [0.1, 0.15) is 5.51 Å². The topological polar surface area (TPSA) is 73.7 Å². The minimum Gasteiger partial charge on any atom is -0.464 e. The van der Waals surface area contributed by atoms with Gasteiger partial charge >= 0.3 is 6.01 Å². The Hall–Kier alpha value is -0.990. The first-order chi connectivity index (χ1) is 7.78. The lowest BCUT2D eigenvalue weighted by molar-refractivity contribution is 0.307. The summed E-state index contributed by atoms with van der Waals surface area (Å²) in [5.41, 5.74) is 1.63. The van der Waals surface area contributed by atoms with E-state index in [2.05, 4.69) is 25.1 Å². The van der Waals surface area contributed by atoms with Crippen molar-refractivity contribution in [2.75, 3.05) is 6.61 Å². The average Bonchev–Trinajstić information content (AvgIpc) is 2.70. The van der Waals surface area contributed by atoms with Crippen LogP contribution < -0.4 is 4.74 Å². The third-order valence-electron chi connectivity index (χ3n) is 1.36. The number of hydrogen-bond acceptors (Lipinski definition) is 8. The van der Waals surface area contributed by atoms with Crippen molar-refractivity contribution in [3.05, 3.63) is 10.8 Å². The van der Waals surface area contributed by atoms with E-state index in [9.17, 15) is 0 Å². The zero-order valence-corrected chi connectivity index (χ0v) is 10.5. The SMILES string of the molecule is CCOc1nc(Cl)nc(Sc2nncs2)n1. The Balaban J connectivity index is 2.20. The predicted octanol–water partition coefficient (Wildman–Crippen LogP) is 1.93. The van der Waals surface area contributed by atoms with Crippen molar-refractivity contribution in [1.29, 1.82) is 0 Å². The summed E-state index contributed by atoms with van der Waals surface area (Å²) in [6, 6.07) is 0.217. The number of hydrogen-bond donors (Lipinski definition) is 0. The van der Waals surface area contributed by atoms with Gasteiger partial charge in [0.05, 0.1) is 6.61 Å². The molecule has 0 unspecified atom stereocenters. The van der Waals surface area contributed by atoms with E-state index in [0.29, 0.717) is 11.8 Å². The highest BCUT2D eigenvalue weighted by Crippen LogP contribution is 2.26. The smallest absolute Gasteiger partial charge is 0.321 e. The molecule has 0 spiro atoms. The molecule has 2 heterocycles. The zero-order valence-electron chi connectivity index (χ0n) is 8.12. The molecule has 2 aromatic rings. The van der Waals surface area contributed by atoms with Crippen LogP contribution in [0.15, 0.2) is 15.0 Å². The van der Waals surface area contributed by atoms with Crippen LogP contribution in [0.1, 0.15) is 6.92 Å². The van der Waals surface area contributed by atoms with Crippen molar-refractivity contribution in [3.8, 4) is 6.01 Å². The molecule has 0 aromatic carbocycles. The molecule has 84 valence electrons. The van der Waals surface area contributed by atoms with Gasteiger partial charge in [-0.3, -0.25) is 0 Å². The molecule has 0 bridgehead atoms. The van der Waals surface area contributed by atoms with Gasteiger partial charge in [0, 0.05) is 0 Å². The molecule has 0 N–H and O–H groups in total. The van der Waals surface area contributed by atoms with Gasteiger partial charge in [-0.05, 0) is 30.3 Å². The van der Waals surface area contributed by atoms with E-state index in [1.54, 1.807) is 5.51 Å². The number of halogens is 1. The summed E-state index contributed by atoms with van der Waals surface area (Å²) in [4.78, 5) is 11.9. The van der Waals surface area contributed by atoms with Gasteiger partial charge in [0.2, 0.25) is 10.4 Å². The Bertz CT molecular complexity index is 466. The molecule has 9 heteroatoms. The zero-order chi connectivity index (χ0) is 11.4. The molecule has 0 saturated carbocycles. The van der Waals surface area contributed by atoms with Gasteiger partial charge in [-0.1, -0.05) is 11.3 Å². The maximum absolute atomic E-state index is 5.74. The number of ether oxygens (including phenoxy) is 1. The van der Waals surface area contributed by atoms with Crippen LogP contribution in [0.2, 0.25) is 5.28 Å². The van der Waals surface area contributed by atoms with Gasteiger partial charge in [0.15, 0.2) is 4.34 Å². The summed E-state index contributed by atoms with van der Waals surface area (Å²) in [7, 11) is 0.